The molecule has 4 nitrogen and oxygen atoms in total. The molecule has 0 aliphatic carbocycles. The topological polar surface area (TPSA) is 55.2 Å². The summed E-state index contributed by atoms with van der Waals surface area (Å²) >= 11 is 0. The smallest absolute Gasteiger partial charge is 0.159 e. The standard InChI is InChI=1S/C30H25N3O/c1-4-5-15-31-21(2)23-7-9-24(10-8-23)28-18-27(22(3)34)19-29(20-28)25-11-13-26(14-12-25)30-32-16-6-17-33-30/h4-20H,2H2,1,3H3/b5-4-,31-15-. The van der Waals surface area contributed by atoms with Gasteiger partial charge in [-0.15, -0.1) is 0 Å². The number of Topliss-reactive ketones (excluding diaryl/α,β-unsaturated/α-hetero) is 1. The van der Waals surface area contributed by atoms with Crippen LogP contribution in [-0.2, 0) is 0 Å². The van der Waals surface area contributed by atoms with Crippen LogP contribution in [0, 0.1) is 0 Å². The first-order valence-electron chi connectivity index (χ1n) is 11.0. The van der Waals surface area contributed by atoms with Gasteiger partial charge in [0.2, 0.25) is 0 Å². The van der Waals surface area contributed by atoms with Crippen molar-refractivity contribution in [2.24, 2.45) is 4.99 Å². The van der Waals surface area contributed by atoms with Crippen LogP contribution in [0.5, 0.6) is 0 Å². The first kappa shape index (κ1) is 22.7. The maximum Gasteiger partial charge on any atom is 0.159 e. The molecular formula is C30H25N3O. The molecule has 0 aliphatic heterocycles. The first-order chi connectivity index (χ1) is 16.5. The molecule has 0 amide bonds. The van der Waals surface area contributed by atoms with Gasteiger partial charge in [-0.3, -0.25) is 9.79 Å². The van der Waals surface area contributed by atoms with Crippen molar-refractivity contribution in [1.29, 1.82) is 0 Å². The number of hydrogen-bond acceptors (Lipinski definition) is 4. The fourth-order valence-corrected chi connectivity index (χ4v) is 3.57. The predicted octanol–water partition coefficient (Wildman–Crippen LogP) is 7.30. The largest absolute Gasteiger partial charge is 0.295 e. The van der Waals surface area contributed by atoms with Crippen LogP contribution in [0.4, 0.5) is 0 Å². The van der Waals surface area contributed by atoms with Crippen LogP contribution in [0.2, 0.25) is 0 Å². The second-order valence-corrected chi connectivity index (χ2v) is 7.83. The summed E-state index contributed by atoms with van der Waals surface area (Å²) in [7, 11) is 0. The Balaban J connectivity index is 1.67. The van der Waals surface area contributed by atoms with Crippen molar-refractivity contribution in [1.82, 2.24) is 9.97 Å². The number of allylic oxidation sites excluding steroid dienone is 2. The number of ketones is 1. The molecule has 1 aromatic heterocycles. The molecule has 0 unspecified atom stereocenters. The molecule has 4 heteroatoms. The van der Waals surface area contributed by atoms with E-state index >= 15 is 0 Å². The molecule has 0 aliphatic rings. The first-order valence-corrected chi connectivity index (χ1v) is 11.0. The van der Waals surface area contributed by atoms with Gasteiger partial charge < -0.3 is 0 Å². The molecule has 0 spiro atoms. The molecule has 3 aromatic carbocycles. The van der Waals surface area contributed by atoms with Crippen molar-refractivity contribution in [3.05, 3.63) is 115 Å². The summed E-state index contributed by atoms with van der Waals surface area (Å²) in [6.45, 7) is 7.57. The second kappa shape index (κ2) is 10.5. The summed E-state index contributed by atoms with van der Waals surface area (Å²) in [5.74, 6) is 0.713. The van der Waals surface area contributed by atoms with E-state index in [4.69, 9.17) is 0 Å². The zero-order valence-electron chi connectivity index (χ0n) is 19.3. The highest BCUT2D eigenvalue weighted by Crippen LogP contribution is 2.30. The molecule has 0 atom stereocenters. The van der Waals surface area contributed by atoms with E-state index in [9.17, 15) is 4.79 Å². The van der Waals surface area contributed by atoms with Crippen molar-refractivity contribution in [3.63, 3.8) is 0 Å². The van der Waals surface area contributed by atoms with Crippen LogP contribution < -0.4 is 0 Å². The summed E-state index contributed by atoms with van der Waals surface area (Å²) in [5, 5.41) is 0. The fourth-order valence-electron chi connectivity index (χ4n) is 3.57. The summed E-state index contributed by atoms with van der Waals surface area (Å²) in [5.41, 5.74) is 7.27. The van der Waals surface area contributed by atoms with Gasteiger partial charge in [0.1, 0.15) is 0 Å². The van der Waals surface area contributed by atoms with Crippen LogP contribution in [0.3, 0.4) is 0 Å². The maximum atomic E-state index is 12.3. The van der Waals surface area contributed by atoms with Crippen molar-refractivity contribution in [2.75, 3.05) is 0 Å². The summed E-state index contributed by atoms with van der Waals surface area (Å²) in [6, 6.07) is 23.9. The SMILES string of the molecule is C=C(/N=C\C=C/C)c1ccc(-c2cc(C(C)=O)cc(-c3ccc(-c4ncccn4)cc3)c2)cc1. The molecule has 166 valence electrons. The molecule has 0 bridgehead atoms. The molecule has 4 rings (SSSR count). The molecule has 0 fully saturated rings. The van der Waals surface area contributed by atoms with Crippen LogP contribution in [0.25, 0.3) is 39.3 Å². The average Bonchev–Trinajstić information content (AvgIpc) is 2.89. The number of aliphatic imine (C=N–C) groups is 1. The van der Waals surface area contributed by atoms with E-state index < -0.39 is 0 Å². The summed E-state index contributed by atoms with van der Waals surface area (Å²) < 4.78 is 0. The van der Waals surface area contributed by atoms with E-state index in [0.29, 0.717) is 17.1 Å². The van der Waals surface area contributed by atoms with Gasteiger partial charge in [0, 0.05) is 29.7 Å². The number of hydrogen-bond donors (Lipinski definition) is 0. The Hall–Kier alpha value is -4.44. The third-order valence-corrected chi connectivity index (χ3v) is 5.44. The van der Waals surface area contributed by atoms with E-state index in [1.54, 1.807) is 31.6 Å². The van der Waals surface area contributed by atoms with Gasteiger partial charge in [-0.05, 0) is 72.0 Å². The lowest BCUT2D eigenvalue weighted by Crippen LogP contribution is -1.94. The van der Waals surface area contributed by atoms with Crippen LogP contribution >= 0.6 is 0 Å². The normalized spacial score (nSPS) is 11.2. The van der Waals surface area contributed by atoms with E-state index in [0.717, 1.165) is 33.4 Å². The zero-order chi connectivity index (χ0) is 23.9. The van der Waals surface area contributed by atoms with Gasteiger partial charge in [0.15, 0.2) is 11.6 Å². The van der Waals surface area contributed by atoms with Crippen LogP contribution in [0.1, 0.15) is 29.8 Å². The second-order valence-electron chi connectivity index (χ2n) is 7.83. The fraction of sp³-hybridized carbons (Fsp3) is 0.0667. The van der Waals surface area contributed by atoms with E-state index in [1.807, 2.05) is 79.7 Å². The van der Waals surface area contributed by atoms with E-state index in [2.05, 4.69) is 27.6 Å². The molecule has 4 aromatic rings. The molecular weight excluding hydrogens is 418 g/mol. The van der Waals surface area contributed by atoms with Gasteiger partial charge in [0.05, 0.1) is 5.70 Å². The lowest BCUT2D eigenvalue weighted by atomic mass is 9.94. The zero-order valence-corrected chi connectivity index (χ0v) is 19.3. The van der Waals surface area contributed by atoms with Gasteiger partial charge in [-0.2, -0.15) is 0 Å². The highest BCUT2D eigenvalue weighted by atomic mass is 16.1. The average molecular weight is 444 g/mol. The van der Waals surface area contributed by atoms with Gasteiger partial charge in [-0.1, -0.05) is 61.2 Å². The Bertz CT molecular complexity index is 1370. The minimum Gasteiger partial charge on any atom is -0.295 e. The number of benzene rings is 3. The number of nitrogens with zero attached hydrogens (tertiary/aromatic N) is 3. The lowest BCUT2D eigenvalue weighted by molar-refractivity contribution is 0.101. The number of aromatic nitrogens is 2. The minimum absolute atomic E-state index is 0.0284. The maximum absolute atomic E-state index is 12.3. The molecule has 0 radical (unpaired) electrons. The monoisotopic (exact) mass is 443 g/mol. The van der Waals surface area contributed by atoms with Crippen molar-refractivity contribution < 1.29 is 4.79 Å². The number of carbonyl (C=O) groups is 1. The van der Waals surface area contributed by atoms with Crippen molar-refractivity contribution >= 4 is 17.7 Å². The quantitative estimate of drug-likeness (QED) is 0.222. The molecule has 0 N–H and O–H groups in total. The Morgan fingerprint density at radius 1 is 0.794 bits per heavy atom. The Morgan fingerprint density at radius 3 is 1.91 bits per heavy atom. The molecule has 0 saturated carbocycles. The lowest BCUT2D eigenvalue weighted by Gasteiger charge is -2.11. The van der Waals surface area contributed by atoms with E-state index in [1.165, 1.54) is 0 Å². The highest BCUT2D eigenvalue weighted by molar-refractivity contribution is 5.97. The molecule has 0 saturated heterocycles. The van der Waals surface area contributed by atoms with Gasteiger partial charge in [-0.25, -0.2) is 9.97 Å². The summed E-state index contributed by atoms with van der Waals surface area (Å²) in [4.78, 5) is 25.2. The number of carbonyl (C=O) groups excluding carboxylic acids is 1. The predicted molar refractivity (Wildman–Crippen MR) is 141 cm³/mol. The molecule has 34 heavy (non-hydrogen) atoms. The van der Waals surface area contributed by atoms with Gasteiger partial charge >= 0.3 is 0 Å². The molecule has 1 heterocycles. The van der Waals surface area contributed by atoms with Crippen molar-refractivity contribution in [2.45, 2.75) is 13.8 Å². The minimum atomic E-state index is 0.0284. The van der Waals surface area contributed by atoms with Crippen molar-refractivity contribution in [3.8, 4) is 33.6 Å². The van der Waals surface area contributed by atoms with Crippen LogP contribution in [0.15, 0.2) is 109 Å². The highest BCUT2D eigenvalue weighted by Gasteiger charge is 2.10. The Morgan fingerprint density at radius 2 is 1.35 bits per heavy atom. The summed E-state index contributed by atoms with van der Waals surface area (Å²) in [6.07, 6.45) is 8.98. The third kappa shape index (κ3) is 5.30. The Kier molecular flexibility index (Phi) is 6.99. The Labute approximate surface area is 200 Å². The van der Waals surface area contributed by atoms with Crippen LogP contribution in [-0.4, -0.2) is 22.0 Å². The van der Waals surface area contributed by atoms with E-state index in [-0.39, 0.29) is 5.78 Å². The van der Waals surface area contributed by atoms with Gasteiger partial charge in [0.25, 0.3) is 0 Å². The third-order valence-electron chi connectivity index (χ3n) is 5.44. The number of rotatable bonds is 7.